The van der Waals surface area contributed by atoms with Crippen molar-refractivity contribution in [1.29, 1.82) is 0 Å². The highest BCUT2D eigenvalue weighted by molar-refractivity contribution is 7.99. The van der Waals surface area contributed by atoms with E-state index in [1.54, 1.807) is 11.8 Å². The van der Waals surface area contributed by atoms with E-state index in [1.807, 2.05) is 48.7 Å². The number of hydrogen-bond acceptors (Lipinski definition) is 6. The van der Waals surface area contributed by atoms with Crippen molar-refractivity contribution in [2.24, 2.45) is 0 Å². The number of aromatic nitrogens is 4. The van der Waals surface area contributed by atoms with Gasteiger partial charge in [0.15, 0.2) is 11.0 Å². The number of thioether (sulfide) groups is 1. The highest BCUT2D eigenvalue weighted by Gasteiger charge is 2.17. The number of aliphatic hydroxyl groups is 1. The Balaban J connectivity index is 1.59. The van der Waals surface area contributed by atoms with Crippen LogP contribution in [0.4, 0.5) is 0 Å². The first-order valence-electron chi connectivity index (χ1n) is 10.1. The molecule has 2 heterocycles. The highest BCUT2D eigenvalue weighted by Crippen LogP contribution is 2.25. The summed E-state index contributed by atoms with van der Waals surface area (Å²) in [5, 5.41) is 20.6. The fourth-order valence-corrected chi connectivity index (χ4v) is 4.57. The summed E-state index contributed by atoms with van der Waals surface area (Å²) in [4.78, 5) is 6.67. The summed E-state index contributed by atoms with van der Waals surface area (Å²) in [6.45, 7) is 1.54. The maximum absolute atomic E-state index is 9.12. The van der Waals surface area contributed by atoms with Crippen LogP contribution in [0.5, 0.6) is 0 Å². The quantitative estimate of drug-likeness (QED) is 0.295. The van der Waals surface area contributed by atoms with E-state index in [2.05, 4.69) is 43.8 Å². The molecule has 0 fully saturated rings. The lowest BCUT2D eigenvalue weighted by molar-refractivity contribution is 0.296. The van der Waals surface area contributed by atoms with Gasteiger partial charge >= 0.3 is 0 Å². The molecule has 0 spiro atoms. The summed E-state index contributed by atoms with van der Waals surface area (Å²) in [7, 11) is 2.07. The SMILES string of the molecule is CN(Cc1cccc2ncccc12)Cc1nnc(SCCCO)n1-c1cccc(Cl)c1. The average Bonchev–Trinajstić information content (AvgIpc) is 3.16. The van der Waals surface area contributed by atoms with E-state index in [4.69, 9.17) is 16.7 Å². The van der Waals surface area contributed by atoms with Gasteiger partial charge in [0.1, 0.15) is 0 Å². The first-order valence-corrected chi connectivity index (χ1v) is 11.5. The Labute approximate surface area is 190 Å². The molecule has 6 nitrogen and oxygen atoms in total. The van der Waals surface area contributed by atoms with E-state index in [-0.39, 0.29) is 6.61 Å². The van der Waals surface area contributed by atoms with Crippen molar-refractivity contribution in [2.45, 2.75) is 24.7 Å². The van der Waals surface area contributed by atoms with Crippen LogP contribution in [0.1, 0.15) is 17.8 Å². The third-order valence-corrected chi connectivity index (χ3v) is 6.14. The van der Waals surface area contributed by atoms with Crippen LogP contribution in [0.15, 0.2) is 66.0 Å². The number of benzene rings is 2. The summed E-state index contributed by atoms with van der Waals surface area (Å²) in [6, 6.07) is 18.0. The maximum atomic E-state index is 9.12. The summed E-state index contributed by atoms with van der Waals surface area (Å²) in [6.07, 6.45) is 2.52. The Morgan fingerprint density at radius 3 is 2.77 bits per heavy atom. The molecule has 1 N–H and O–H groups in total. The van der Waals surface area contributed by atoms with E-state index in [9.17, 15) is 0 Å². The van der Waals surface area contributed by atoms with Gasteiger partial charge in [0, 0.05) is 35.5 Å². The molecule has 4 rings (SSSR count). The summed E-state index contributed by atoms with van der Waals surface area (Å²) >= 11 is 7.84. The zero-order valence-corrected chi connectivity index (χ0v) is 18.9. The Hall–Kier alpha value is -2.45. The number of halogens is 1. The molecule has 0 saturated carbocycles. The van der Waals surface area contributed by atoms with Crippen LogP contribution in [-0.2, 0) is 13.1 Å². The van der Waals surface area contributed by atoms with Crippen LogP contribution in [-0.4, -0.2) is 49.2 Å². The van der Waals surface area contributed by atoms with Gasteiger partial charge in [-0.1, -0.05) is 47.6 Å². The van der Waals surface area contributed by atoms with Gasteiger partial charge in [-0.2, -0.15) is 0 Å². The van der Waals surface area contributed by atoms with Crippen molar-refractivity contribution >= 4 is 34.3 Å². The minimum absolute atomic E-state index is 0.161. The smallest absolute Gasteiger partial charge is 0.195 e. The standard InChI is InChI=1S/C23H24ClN5OS/c1-28(15-17-6-2-10-21-20(17)9-4-11-25-21)16-22-26-27-23(31-13-5-12-30)29(22)19-8-3-7-18(24)14-19/h2-4,6-11,14,30H,5,12-13,15-16H2,1H3. The Morgan fingerprint density at radius 2 is 1.94 bits per heavy atom. The van der Waals surface area contributed by atoms with E-state index in [0.717, 1.165) is 39.9 Å². The summed E-state index contributed by atoms with van der Waals surface area (Å²) in [5.41, 5.74) is 3.15. The molecule has 0 atom stereocenters. The molecule has 31 heavy (non-hydrogen) atoms. The highest BCUT2D eigenvalue weighted by atomic mass is 35.5. The van der Waals surface area contributed by atoms with Crippen molar-refractivity contribution in [3.05, 3.63) is 77.2 Å². The van der Waals surface area contributed by atoms with Crippen LogP contribution in [0.25, 0.3) is 16.6 Å². The van der Waals surface area contributed by atoms with Crippen molar-refractivity contribution in [3.63, 3.8) is 0 Å². The third kappa shape index (κ3) is 5.25. The molecule has 0 aliphatic rings. The Bertz CT molecular complexity index is 1160. The fraction of sp³-hybridized carbons (Fsp3) is 0.261. The third-order valence-electron chi connectivity index (χ3n) is 4.89. The van der Waals surface area contributed by atoms with Gasteiger partial charge in [-0.05, 0) is 49.4 Å². The van der Waals surface area contributed by atoms with E-state index >= 15 is 0 Å². The van der Waals surface area contributed by atoms with E-state index in [1.165, 1.54) is 5.56 Å². The molecule has 2 aromatic heterocycles. The maximum Gasteiger partial charge on any atom is 0.195 e. The van der Waals surface area contributed by atoms with Crippen LogP contribution >= 0.6 is 23.4 Å². The fourth-order valence-electron chi connectivity index (χ4n) is 3.49. The van der Waals surface area contributed by atoms with Gasteiger partial charge in [0.25, 0.3) is 0 Å². The molecule has 0 amide bonds. The molecule has 0 bridgehead atoms. The van der Waals surface area contributed by atoms with Gasteiger partial charge in [0.05, 0.1) is 17.7 Å². The van der Waals surface area contributed by atoms with Gasteiger partial charge in [-0.3, -0.25) is 14.5 Å². The summed E-state index contributed by atoms with van der Waals surface area (Å²) in [5.74, 6) is 1.61. The second-order valence-corrected chi connectivity index (χ2v) is 8.80. The van der Waals surface area contributed by atoms with E-state index < -0.39 is 0 Å². The van der Waals surface area contributed by atoms with Gasteiger partial charge < -0.3 is 5.11 Å². The molecular weight excluding hydrogens is 430 g/mol. The molecule has 0 unspecified atom stereocenters. The monoisotopic (exact) mass is 453 g/mol. The number of hydrogen-bond donors (Lipinski definition) is 1. The topological polar surface area (TPSA) is 67.1 Å². The predicted molar refractivity (Wildman–Crippen MR) is 126 cm³/mol. The molecule has 0 radical (unpaired) electrons. The molecule has 160 valence electrons. The Morgan fingerprint density at radius 1 is 1.06 bits per heavy atom. The molecule has 0 saturated heterocycles. The zero-order valence-electron chi connectivity index (χ0n) is 17.3. The van der Waals surface area contributed by atoms with Crippen LogP contribution < -0.4 is 0 Å². The summed E-state index contributed by atoms with van der Waals surface area (Å²) < 4.78 is 2.05. The van der Waals surface area contributed by atoms with Crippen LogP contribution in [0.2, 0.25) is 5.02 Å². The molecule has 2 aromatic carbocycles. The van der Waals surface area contributed by atoms with Crippen LogP contribution in [0, 0.1) is 0 Å². The van der Waals surface area contributed by atoms with Crippen LogP contribution in [0.3, 0.4) is 0 Å². The lowest BCUT2D eigenvalue weighted by atomic mass is 10.1. The predicted octanol–water partition coefficient (Wildman–Crippen LogP) is 4.58. The lowest BCUT2D eigenvalue weighted by Crippen LogP contribution is -2.20. The second kappa shape index (κ2) is 10.2. The van der Waals surface area contributed by atoms with E-state index in [0.29, 0.717) is 18.0 Å². The van der Waals surface area contributed by atoms with Crippen molar-refractivity contribution in [2.75, 3.05) is 19.4 Å². The first kappa shape index (κ1) is 21.8. The molecule has 0 aliphatic heterocycles. The van der Waals surface area contributed by atoms with Gasteiger partial charge in [-0.25, -0.2) is 0 Å². The van der Waals surface area contributed by atoms with Crippen molar-refractivity contribution < 1.29 is 5.11 Å². The molecule has 8 heteroatoms. The lowest BCUT2D eigenvalue weighted by Gasteiger charge is -2.18. The minimum Gasteiger partial charge on any atom is -0.396 e. The number of fused-ring (bicyclic) bond motifs is 1. The molecular formula is C23H24ClN5OS. The largest absolute Gasteiger partial charge is 0.396 e. The number of pyridine rings is 1. The number of rotatable bonds is 9. The molecule has 0 aliphatic carbocycles. The normalized spacial score (nSPS) is 11.5. The number of aliphatic hydroxyl groups excluding tert-OH is 1. The Kier molecular flexibility index (Phi) is 7.19. The van der Waals surface area contributed by atoms with Gasteiger partial charge in [-0.15, -0.1) is 10.2 Å². The first-order chi connectivity index (χ1) is 15.2. The van der Waals surface area contributed by atoms with Crippen molar-refractivity contribution in [1.82, 2.24) is 24.6 Å². The average molecular weight is 454 g/mol. The molecule has 4 aromatic rings. The van der Waals surface area contributed by atoms with Gasteiger partial charge in [0.2, 0.25) is 0 Å². The minimum atomic E-state index is 0.161. The van der Waals surface area contributed by atoms with Crippen molar-refractivity contribution in [3.8, 4) is 5.69 Å². The second-order valence-electron chi connectivity index (χ2n) is 7.30. The number of nitrogens with zero attached hydrogens (tertiary/aromatic N) is 5. The zero-order chi connectivity index (χ0) is 21.6.